The number of amides is 1. The molecule has 2 heterocycles. The van der Waals surface area contributed by atoms with Crippen molar-refractivity contribution in [1.82, 2.24) is 5.32 Å². The van der Waals surface area contributed by atoms with Gasteiger partial charge < -0.3 is 10.1 Å². The van der Waals surface area contributed by atoms with Crippen LogP contribution in [0.3, 0.4) is 0 Å². The molecule has 0 radical (unpaired) electrons. The summed E-state index contributed by atoms with van der Waals surface area (Å²) in [4.78, 5) is 13.4. The highest BCUT2D eigenvalue weighted by molar-refractivity contribution is 5.88. The standard InChI is InChI=1S/C14H15N3O2/c15-5-4-13-12-3-2-11(8-10(12)9-16-13)17-6-1-7-19-14(17)18/h2-3,8,13,16H,1,4,6-7,9H2. The van der Waals surface area contributed by atoms with Crippen LogP contribution in [-0.2, 0) is 11.3 Å². The molecule has 1 N–H and O–H groups in total. The maximum absolute atomic E-state index is 11.7. The molecule has 5 heteroatoms. The molecule has 3 rings (SSSR count). The van der Waals surface area contributed by atoms with E-state index >= 15 is 0 Å². The Balaban J connectivity index is 1.86. The van der Waals surface area contributed by atoms with Crippen LogP contribution in [-0.4, -0.2) is 19.2 Å². The van der Waals surface area contributed by atoms with Crippen molar-refractivity contribution in [3.05, 3.63) is 29.3 Å². The van der Waals surface area contributed by atoms with Crippen molar-refractivity contribution >= 4 is 11.8 Å². The number of hydrogen-bond acceptors (Lipinski definition) is 4. The molecular weight excluding hydrogens is 242 g/mol. The Morgan fingerprint density at radius 2 is 2.42 bits per heavy atom. The summed E-state index contributed by atoms with van der Waals surface area (Å²) in [6, 6.07) is 8.26. The Hall–Kier alpha value is -2.06. The number of hydrogen-bond donors (Lipinski definition) is 1. The highest BCUT2D eigenvalue weighted by atomic mass is 16.6. The third-order valence-corrected chi connectivity index (χ3v) is 3.62. The first kappa shape index (κ1) is 12.0. The molecular formula is C14H15N3O2. The van der Waals surface area contributed by atoms with Crippen LogP contribution in [0.5, 0.6) is 0 Å². The third kappa shape index (κ3) is 2.15. The van der Waals surface area contributed by atoms with E-state index < -0.39 is 0 Å². The summed E-state index contributed by atoms with van der Waals surface area (Å²) in [5.41, 5.74) is 3.20. The monoisotopic (exact) mass is 257 g/mol. The Bertz CT molecular complexity index is 550. The molecule has 5 nitrogen and oxygen atoms in total. The number of nitriles is 1. The average molecular weight is 257 g/mol. The predicted molar refractivity (Wildman–Crippen MR) is 69.6 cm³/mol. The molecule has 1 atom stereocenters. The van der Waals surface area contributed by atoms with E-state index in [2.05, 4.69) is 11.4 Å². The lowest BCUT2D eigenvalue weighted by Gasteiger charge is -2.26. The van der Waals surface area contributed by atoms with Crippen LogP contribution in [0, 0.1) is 11.3 Å². The topological polar surface area (TPSA) is 65.4 Å². The van der Waals surface area contributed by atoms with Crippen molar-refractivity contribution in [2.75, 3.05) is 18.1 Å². The largest absolute Gasteiger partial charge is 0.449 e. The zero-order valence-corrected chi connectivity index (χ0v) is 10.6. The molecule has 2 aliphatic rings. The predicted octanol–water partition coefficient (Wildman–Crippen LogP) is 2.09. The molecule has 0 spiro atoms. The third-order valence-electron chi connectivity index (χ3n) is 3.62. The Kier molecular flexibility index (Phi) is 3.10. The fraction of sp³-hybridized carbons (Fsp3) is 0.429. The summed E-state index contributed by atoms with van der Waals surface area (Å²) < 4.78 is 5.05. The van der Waals surface area contributed by atoms with Crippen molar-refractivity contribution in [2.45, 2.75) is 25.4 Å². The van der Waals surface area contributed by atoms with Gasteiger partial charge in [0, 0.05) is 24.8 Å². The maximum atomic E-state index is 11.7. The maximum Gasteiger partial charge on any atom is 0.414 e. The van der Waals surface area contributed by atoms with Gasteiger partial charge in [0.1, 0.15) is 0 Å². The Labute approximate surface area is 111 Å². The normalized spacial score (nSPS) is 21.7. The smallest absolute Gasteiger partial charge is 0.414 e. The van der Waals surface area contributed by atoms with E-state index in [0.717, 1.165) is 29.8 Å². The van der Waals surface area contributed by atoms with Crippen LogP contribution in [0.1, 0.15) is 30.0 Å². The van der Waals surface area contributed by atoms with E-state index in [9.17, 15) is 4.79 Å². The van der Waals surface area contributed by atoms with E-state index in [4.69, 9.17) is 10.00 Å². The van der Waals surface area contributed by atoms with Crippen LogP contribution < -0.4 is 10.2 Å². The summed E-state index contributed by atoms with van der Waals surface area (Å²) in [5, 5.41) is 12.1. The van der Waals surface area contributed by atoms with Gasteiger partial charge in [0.05, 0.1) is 19.1 Å². The second-order valence-corrected chi connectivity index (χ2v) is 4.80. The number of nitrogens with zero attached hydrogens (tertiary/aromatic N) is 2. The lowest BCUT2D eigenvalue weighted by atomic mass is 10.0. The Morgan fingerprint density at radius 3 is 3.21 bits per heavy atom. The number of carbonyl (C=O) groups is 1. The van der Waals surface area contributed by atoms with Crippen molar-refractivity contribution in [3.8, 4) is 6.07 Å². The summed E-state index contributed by atoms with van der Waals surface area (Å²) in [7, 11) is 0. The lowest BCUT2D eigenvalue weighted by Crippen LogP contribution is -2.37. The molecule has 1 fully saturated rings. The van der Waals surface area contributed by atoms with E-state index in [1.165, 1.54) is 0 Å². The van der Waals surface area contributed by atoms with Gasteiger partial charge in [-0.2, -0.15) is 5.26 Å². The summed E-state index contributed by atoms with van der Waals surface area (Å²) >= 11 is 0. The Morgan fingerprint density at radius 1 is 1.53 bits per heavy atom. The fourth-order valence-corrected chi connectivity index (χ4v) is 2.66. The van der Waals surface area contributed by atoms with Crippen LogP contribution in [0.2, 0.25) is 0 Å². The van der Waals surface area contributed by atoms with Gasteiger partial charge >= 0.3 is 6.09 Å². The molecule has 1 aromatic carbocycles. The van der Waals surface area contributed by atoms with Crippen molar-refractivity contribution in [1.29, 1.82) is 5.26 Å². The minimum absolute atomic E-state index is 0.113. The molecule has 0 bridgehead atoms. The molecule has 2 aliphatic heterocycles. The summed E-state index contributed by atoms with van der Waals surface area (Å²) in [6.07, 6.45) is 1.06. The SMILES string of the molecule is N#CCC1NCc2cc(N3CCCOC3=O)ccc21. The quantitative estimate of drug-likeness (QED) is 0.881. The second kappa shape index (κ2) is 4.90. The zero-order valence-electron chi connectivity index (χ0n) is 10.6. The molecule has 0 saturated carbocycles. The number of anilines is 1. The summed E-state index contributed by atoms with van der Waals surface area (Å²) in [6.45, 7) is 1.96. The van der Waals surface area contributed by atoms with E-state index in [-0.39, 0.29) is 12.1 Å². The first-order valence-electron chi connectivity index (χ1n) is 6.47. The van der Waals surface area contributed by atoms with E-state index in [1.54, 1.807) is 4.90 Å². The molecule has 0 aliphatic carbocycles. The van der Waals surface area contributed by atoms with Gasteiger partial charge in [-0.05, 0) is 29.7 Å². The van der Waals surface area contributed by atoms with Gasteiger partial charge in [-0.15, -0.1) is 0 Å². The van der Waals surface area contributed by atoms with E-state index in [1.807, 2.05) is 18.2 Å². The molecule has 19 heavy (non-hydrogen) atoms. The van der Waals surface area contributed by atoms with Crippen molar-refractivity contribution in [3.63, 3.8) is 0 Å². The highest BCUT2D eigenvalue weighted by Crippen LogP contribution is 2.31. The highest BCUT2D eigenvalue weighted by Gasteiger charge is 2.25. The molecule has 1 saturated heterocycles. The second-order valence-electron chi connectivity index (χ2n) is 4.80. The van der Waals surface area contributed by atoms with Crippen LogP contribution >= 0.6 is 0 Å². The molecule has 98 valence electrons. The number of carbonyl (C=O) groups excluding carboxylic acids is 1. The van der Waals surface area contributed by atoms with Crippen molar-refractivity contribution in [2.24, 2.45) is 0 Å². The number of ether oxygens (including phenoxy) is 1. The molecule has 1 amide bonds. The first-order chi connectivity index (χ1) is 9.29. The summed E-state index contributed by atoms with van der Waals surface area (Å²) in [5.74, 6) is 0. The van der Waals surface area contributed by atoms with Gasteiger partial charge in [-0.1, -0.05) is 6.07 Å². The fourth-order valence-electron chi connectivity index (χ4n) is 2.66. The van der Waals surface area contributed by atoms with Crippen LogP contribution in [0.15, 0.2) is 18.2 Å². The van der Waals surface area contributed by atoms with Gasteiger partial charge in [-0.3, -0.25) is 4.90 Å². The number of fused-ring (bicyclic) bond motifs is 1. The molecule has 1 unspecified atom stereocenters. The van der Waals surface area contributed by atoms with Gasteiger partial charge in [0.15, 0.2) is 0 Å². The number of nitrogens with one attached hydrogen (secondary N) is 1. The van der Waals surface area contributed by atoms with Gasteiger partial charge in [-0.25, -0.2) is 4.79 Å². The van der Waals surface area contributed by atoms with Gasteiger partial charge in [0.2, 0.25) is 0 Å². The van der Waals surface area contributed by atoms with Crippen LogP contribution in [0.4, 0.5) is 10.5 Å². The van der Waals surface area contributed by atoms with E-state index in [0.29, 0.717) is 19.6 Å². The van der Waals surface area contributed by atoms with Gasteiger partial charge in [0.25, 0.3) is 0 Å². The minimum Gasteiger partial charge on any atom is -0.449 e. The number of cyclic esters (lactones) is 1. The average Bonchev–Trinajstić information content (AvgIpc) is 2.82. The molecule has 0 aromatic heterocycles. The molecule has 1 aromatic rings. The van der Waals surface area contributed by atoms with Crippen molar-refractivity contribution < 1.29 is 9.53 Å². The number of rotatable bonds is 2. The first-order valence-corrected chi connectivity index (χ1v) is 6.47. The lowest BCUT2D eigenvalue weighted by molar-refractivity contribution is 0.140. The van der Waals surface area contributed by atoms with Crippen LogP contribution in [0.25, 0.3) is 0 Å². The minimum atomic E-state index is -0.272. The zero-order chi connectivity index (χ0) is 13.2. The number of benzene rings is 1.